The van der Waals surface area contributed by atoms with Crippen molar-refractivity contribution in [2.75, 3.05) is 13.7 Å². The van der Waals surface area contributed by atoms with E-state index in [1.54, 1.807) is 0 Å². The summed E-state index contributed by atoms with van der Waals surface area (Å²) in [5.41, 5.74) is 2.13. The maximum atomic E-state index is 12.6. The van der Waals surface area contributed by atoms with Crippen molar-refractivity contribution in [3.05, 3.63) is 28.3 Å². The van der Waals surface area contributed by atoms with Crippen LogP contribution in [0.4, 0.5) is 0 Å². The number of ether oxygens (including phenoxy) is 2. The van der Waals surface area contributed by atoms with Crippen molar-refractivity contribution < 1.29 is 28.4 Å². The van der Waals surface area contributed by atoms with E-state index in [4.69, 9.17) is 18.8 Å². The minimum Gasteiger partial charge on any atom is -0.465 e. The first-order valence-electron chi connectivity index (χ1n) is 10.6. The fourth-order valence-corrected chi connectivity index (χ4v) is 3.47. The average molecular weight is 433 g/mol. The van der Waals surface area contributed by atoms with Crippen LogP contribution in [0, 0.1) is 13.8 Å². The Hall–Kier alpha value is -1.90. The molecule has 1 aromatic carbocycles. The lowest BCUT2D eigenvalue weighted by atomic mass is 9.73. The van der Waals surface area contributed by atoms with Crippen LogP contribution >= 0.6 is 0 Å². The van der Waals surface area contributed by atoms with Crippen LogP contribution in [-0.4, -0.2) is 49.5 Å². The van der Waals surface area contributed by atoms with Crippen LogP contribution in [-0.2, 0) is 30.1 Å². The summed E-state index contributed by atoms with van der Waals surface area (Å²) >= 11 is 0. The molecule has 0 spiro atoms. The number of hydrogen-bond acceptors (Lipinski definition) is 7. The Kier molecular flexibility index (Phi) is 7.30. The van der Waals surface area contributed by atoms with Gasteiger partial charge in [0.25, 0.3) is 0 Å². The lowest BCUT2D eigenvalue weighted by molar-refractivity contribution is -0.153. The maximum Gasteiger partial charge on any atom is 0.495 e. The molecule has 8 heteroatoms. The van der Waals surface area contributed by atoms with Gasteiger partial charge in [-0.05, 0) is 84.5 Å². The van der Waals surface area contributed by atoms with Gasteiger partial charge in [-0.3, -0.25) is 4.79 Å². The summed E-state index contributed by atoms with van der Waals surface area (Å²) in [7, 11) is 0.752. The van der Waals surface area contributed by atoms with Gasteiger partial charge >= 0.3 is 19.1 Å². The van der Waals surface area contributed by atoms with Crippen molar-refractivity contribution in [1.29, 1.82) is 0 Å². The van der Waals surface area contributed by atoms with Crippen molar-refractivity contribution in [3.8, 4) is 0 Å². The van der Waals surface area contributed by atoms with Crippen molar-refractivity contribution in [1.82, 2.24) is 5.32 Å². The van der Waals surface area contributed by atoms with E-state index in [0.29, 0.717) is 12.1 Å². The molecule has 1 N–H and O–H groups in total. The van der Waals surface area contributed by atoms with Crippen molar-refractivity contribution >= 4 is 24.5 Å². The van der Waals surface area contributed by atoms with E-state index >= 15 is 0 Å². The monoisotopic (exact) mass is 433 g/mol. The number of carbonyl (C=O) groups excluding carboxylic acids is 2. The van der Waals surface area contributed by atoms with Crippen molar-refractivity contribution in [3.63, 3.8) is 0 Å². The Bertz CT molecular complexity index is 841. The molecule has 172 valence electrons. The van der Waals surface area contributed by atoms with Crippen LogP contribution in [0.2, 0.25) is 0 Å². The SMILES string of the molecule is COC(=O)c1c(C)c(CNCC(=O)OC(C)(C)C)cc(B2OC(C)(C)C(C)(C)O2)c1C. The lowest BCUT2D eigenvalue weighted by Gasteiger charge is -2.32. The van der Waals surface area contributed by atoms with Gasteiger partial charge in [-0.2, -0.15) is 0 Å². The Morgan fingerprint density at radius 3 is 2.10 bits per heavy atom. The number of methoxy groups -OCH3 is 1. The Labute approximate surface area is 186 Å². The molecule has 1 aliphatic rings. The van der Waals surface area contributed by atoms with E-state index in [2.05, 4.69) is 5.32 Å². The van der Waals surface area contributed by atoms with Gasteiger partial charge in [-0.15, -0.1) is 0 Å². The van der Waals surface area contributed by atoms with Crippen LogP contribution in [0.5, 0.6) is 0 Å². The maximum absolute atomic E-state index is 12.6. The highest BCUT2D eigenvalue weighted by Crippen LogP contribution is 2.37. The Morgan fingerprint density at radius 1 is 1.06 bits per heavy atom. The summed E-state index contributed by atoms with van der Waals surface area (Å²) < 4.78 is 22.8. The second-order valence-corrected chi connectivity index (χ2v) is 10.0. The van der Waals surface area contributed by atoms with Gasteiger partial charge in [0.05, 0.1) is 30.4 Å². The molecule has 0 unspecified atom stereocenters. The zero-order valence-electron chi connectivity index (χ0n) is 20.5. The molecule has 31 heavy (non-hydrogen) atoms. The molecule has 0 aromatic heterocycles. The highest BCUT2D eigenvalue weighted by atomic mass is 16.7. The molecule has 1 saturated heterocycles. The molecule has 0 atom stereocenters. The summed E-state index contributed by atoms with van der Waals surface area (Å²) in [5, 5.41) is 3.11. The fraction of sp³-hybridized carbons (Fsp3) is 0.652. The zero-order valence-corrected chi connectivity index (χ0v) is 20.5. The second kappa shape index (κ2) is 8.92. The van der Waals surface area contributed by atoms with Gasteiger partial charge in [-0.1, -0.05) is 6.07 Å². The number of rotatable bonds is 6. The molecule has 1 heterocycles. The molecule has 7 nitrogen and oxygen atoms in total. The summed E-state index contributed by atoms with van der Waals surface area (Å²) in [4.78, 5) is 24.6. The van der Waals surface area contributed by atoms with Crippen LogP contribution in [0.25, 0.3) is 0 Å². The van der Waals surface area contributed by atoms with Gasteiger partial charge in [0.2, 0.25) is 0 Å². The smallest absolute Gasteiger partial charge is 0.465 e. The van der Waals surface area contributed by atoms with Gasteiger partial charge in [-0.25, -0.2) is 4.79 Å². The lowest BCUT2D eigenvalue weighted by Crippen LogP contribution is -2.41. The molecule has 0 aliphatic carbocycles. The molecule has 0 radical (unpaired) electrons. The van der Waals surface area contributed by atoms with Crippen molar-refractivity contribution in [2.24, 2.45) is 0 Å². The van der Waals surface area contributed by atoms with E-state index in [-0.39, 0.29) is 12.5 Å². The first-order valence-corrected chi connectivity index (χ1v) is 10.6. The predicted octanol–water partition coefficient (Wildman–Crippen LogP) is 2.82. The van der Waals surface area contributed by atoms with Gasteiger partial charge in [0.1, 0.15) is 5.60 Å². The standard InChI is InChI=1S/C23H36BNO6/c1-14-16(12-25-13-18(26)29-21(3,4)5)11-17(15(2)19(14)20(27)28-10)24-30-22(6,7)23(8,9)31-24/h11,25H,12-13H2,1-10H3. The highest BCUT2D eigenvalue weighted by molar-refractivity contribution is 6.62. The number of nitrogens with one attached hydrogen (secondary N) is 1. The molecule has 1 fully saturated rings. The third kappa shape index (κ3) is 5.67. The third-order valence-electron chi connectivity index (χ3n) is 5.90. The number of carbonyl (C=O) groups is 2. The molecular formula is C23H36BNO6. The zero-order chi connectivity index (χ0) is 23.8. The van der Waals surface area contributed by atoms with Gasteiger partial charge < -0.3 is 24.1 Å². The van der Waals surface area contributed by atoms with Crippen LogP contribution < -0.4 is 10.8 Å². The topological polar surface area (TPSA) is 83.1 Å². The number of benzene rings is 1. The minimum absolute atomic E-state index is 0.0595. The van der Waals surface area contributed by atoms with E-state index in [9.17, 15) is 9.59 Å². The fourth-order valence-electron chi connectivity index (χ4n) is 3.47. The third-order valence-corrected chi connectivity index (χ3v) is 5.90. The quantitative estimate of drug-likeness (QED) is 0.546. The summed E-state index contributed by atoms with van der Waals surface area (Å²) in [5.74, 6) is -0.751. The number of esters is 2. The summed E-state index contributed by atoms with van der Waals surface area (Å²) in [6, 6.07) is 1.97. The Morgan fingerprint density at radius 2 is 1.61 bits per heavy atom. The molecule has 0 bridgehead atoms. The van der Waals surface area contributed by atoms with E-state index in [1.165, 1.54) is 7.11 Å². The average Bonchev–Trinajstić information content (AvgIpc) is 2.82. The van der Waals surface area contributed by atoms with E-state index in [0.717, 1.165) is 22.2 Å². The van der Waals surface area contributed by atoms with E-state index in [1.807, 2.05) is 68.4 Å². The van der Waals surface area contributed by atoms with Crippen LogP contribution in [0.15, 0.2) is 6.07 Å². The Balaban J connectivity index is 2.35. The van der Waals surface area contributed by atoms with Gasteiger partial charge in [0.15, 0.2) is 0 Å². The van der Waals surface area contributed by atoms with Crippen LogP contribution in [0.1, 0.15) is 75.5 Å². The number of hydrogen-bond donors (Lipinski definition) is 1. The summed E-state index contributed by atoms with van der Waals surface area (Å²) in [6.45, 7) is 17.6. The molecule has 1 aromatic rings. The van der Waals surface area contributed by atoms with E-state index < -0.39 is 29.9 Å². The summed E-state index contributed by atoms with van der Waals surface area (Å²) in [6.07, 6.45) is 0. The van der Waals surface area contributed by atoms with Crippen molar-refractivity contribution in [2.45, 2.75) is 85.7 Å². The first kappa shape index (κ1) is 25.4. The first-order chi connectivity index (χ1) is 14.1. The molecular weight excluding hydrogens is 397 g/mol. The largest absolute Gasteiger partial charge is 0.495 e. The molecule has 0 saturated carbocycles. The normalized spacial score (nSPS) is 17.5. The minimum atomic E-state index is -0.612. The molecule has 1 aliphatic heterocycles. The van der Waals surface area contributed by atoms with Crippen LogP contribution in [0.3, 0.4) is 0 Å². The molecule has 0 amide bonds. The van der Waals surface area contributed by atoms with Gasteiger partial charge in [0, 0.05) is 6.54 Å². The predicted molar refractivity (Wildman–Crippen MR) is 121 cm³/mol. The highest BCUT2D eigenvalue weighted by Gasteiger charge is 2.52. The second-order valence-electron chi connectivity index (χ2n) is 10.0. The molecule has 2 rings (SSSR count).